The molecule has 0 aromatic rings. The molecular weight excluding hydrogens is 197 g/mol. The minimum atomic E-state index is -3.11. The summed E-state index contributed by atoms with van der Waals surface area (Å²) < 4.78 is 0. The average Bonchev–Trinajstić information content (AvgIpc) is 1.85. The topological polar surface area (TPSA) is 78.6 Å². The van der Waals surface area contributed by atoms with Gasteiger partial charge in [0, 0.05) is 13.1 Å². The van der Waals surface area contributed by atoms with E-state index in [2.05, 4.69) is 16.9 Å². The van der Waals surface area contributed by atoms with Crippen molar-refractivity contribution < 1.29 is 9.69 Å². The van der Waals surface area contributed by atoms with Crippen LogP contribution >= 0.6 is 6.57 Å². The molecule has 7 heteroatoms. The Bertz CT molecular complexity index is 201. The molecule has 0 aromatic carbocycles. The van der Waals surface area contributed by atoms with E-state index in [0.29, 0.717) is 13.1 Å². The predicted octanol–water partition coefficient (Wildman–Crippen LogP) is 0.213. The van der Waals surface area contributed by atoms with E-state index in [1.807, 2.05) is 13.8 Å². The SMILES string of the molecule is CCN(CC)C(=O)NP(N)(O)=S. The van der Waals surface area contributed by atoms with E-state index in [9.17, 15) is 4.79 Å². The van der Waals surface area contributed by atoms with Gasteiger partial charge in [0.05, 0.1) is 0 Å². The number of amides is 2. The number of hydrogen-bond acceptors (Lipinski definition) is 2. The monoisotopic (exact) mass is 211 g/mol. The molecule has 0 fully saturated rings. The van der Waals surface area contributed by atoms with Crippen molar-refractivity contribution in [2.24, 2.45) is 5.50 Å². The lowest BCUT2D eigenvalue weighted by atomic mass is 10.5. The molecule has 0 spiro atoms. The zero-order valence-electron chi connectivity index (χ0n) is 7.15. The van der Waals surface area contributed by atoms with Crippen LogP contribution in [0.1, 0.15) is 13.8 Å². The van der Waals surface area contributed by atoms with Crippen LogP contribution < -0.4 is 10.6 Å². The minimum Gasteiger partial charge on any atom is -0.339 e. The van der Waals surface area contributed by atoms with Gasteiger partial charge in [-0.1, -0.05) is 0 Å². The fraction of sp³-hybridized carbons (Fsp3) is 0.800. The van der Waals surface area contributed by atoms with Crippen molar-refractivity contribution in [1.29, 1.82) is 0 Å². The van der Waals surface area contributed by atoms with Crippen LogP contribution in [0.5, 0.6) is 0 Å². The van der Waals surface area contributed by atoms with Gasteiger partial charge in [-0.05, 0) is 25.7 Å². The van der Waals surface area contributed by atoms with E-state index in [4.69, 9.17) is 10.4 Å². The molecule has 72 valence electrons. The molecule has 0 heterocycles. The van der Waals surface area contributed by atoms with Gasteiger partial charge in [-0.2, -0.15) is 0 Å². The molecule has 0 bridgehead atoms. The Morgan fingerprint density at radius 1 is 1.67 bits per heavy atom. The van der Waals surface area contributed by atoms with E-state index in [-0.39, 0.29) is 0 Å². The third kappa shape index (κ3) is 4.66. The molecule has 5 nitrogen and oxygen atoms in total. The fourth-order valence-electron chi connectivity index (χ4n) is 0.719. The van der Waals surface area contributed by atoms with Crippen LogP contribution in [0.15, 0.2) is 0 Å². The molecule has 4 N–H and O–H groups in total. The fourth-order valence-corrected chi connectivity index (χ4v) is 1.37. The lowest BCUT2D eigenvalue weighted by molar-refractivity contribution is 0.209. The first-order chi connectivity index (χ1) is 5.40. The second kappa shape index (κ2) is 4.77. The van der Waals surface area contributed by atoms with Crippen LogP contribution in [-0.2, 0) is 11.8 Å². The normalized spacial score (nSPS) is 15.0. The largest absolute Gasteiger partial charge is 0.339 e. The summed E-state index contributed by atoms with van der Waals surface area (Å²) in [6.45, 7) is 1.69. The summed E-state index contributed by atoms with van der Waals surface area (Å²) in [6, 6.07) is -0.409. The van der Waals surface area contributed by atoms with Crippen molar-refractivity contribution in [1.82, 2.24) is 9.99 Å². The van der Waals surface area contributed by atoms with Crippen LogP contribution in [0.3, 0.4) is 0 Å². The first kappa shape index (κ1) is 11.8. The van der Waals surface area contributed by atoms with Gasteiger partial charge in [0.2, 0.25) is 6.57 Å². The Morgan fingerprint density at radius 3 is 2.33 bits per heavy atom. The Kier molecular flexibility index (Phi) is 4.70. The minimum absolute atomic E-state index is 0.409. The quantitative estimate of drug-likeness (QED) is 0.583. The number of carbonyl (C=O) groups excluding carboxylic acids is 1. The summed E-state index contributed by atoms with van der Waals surface area (Å²) in [5.41, 5.74) is 5.11. The number of hydrogen-bond donors (Lipinski definition) is 3. The maximum atomic E-state index is 11.2. The average molecular weight is 211 g/mol. The van der Waals surface area contributed by atoms with E-state index >= 15 is 0 Å². The third-order valence-electron chi connectivity index (χ3n) is 1.31. The Hall–Kier alpha value is -0.160. The Morgan fingerprint density at radius 2 is 2.08 bits per heavy atom. The summed E-state index contributed by atoms with van der Waals surface area (Å²) in [5.74, 6) is 0. The van der Waals surface area contributed by atoms with E-state index < -0.39 is 12.6 Å². The highest BCUT2D eigenvalue weighted by Gasteiger charge is 2.14. The van der Waals surface area contributed by atoms with Crippen molar-refractivity contribution in [3.63, 3.8) is 0 Å². The Labute approximate surface area is 77.1 Å². The number of nitrogens with two attached hydrogens (primary N) is 1. The van der Waals surface area contributed by atoms with E-state index in [1.165, 1.54) is 4.90 Å². The highest BCUT2D eigenvalue weighted by atomic mass is 32.4. The van der Waals surface area contributed by atoms with Gasteiger partial charge >= 0.3 is 6.03 Å². The molecule has 0 saturated heterocycles. The van der Waals surface area contributed by atoms with Crippen LogP contribution in [-0.4, -0.2) is 28.9 Å². The van der Waals surface area contributed by atoms with Gasteiger partial charge in [0.15, 0.2) is 0 Å². The first-order valence-electron chi connectivity index (χ1n) is 3.59. The number of urea groups is 1. The first-order valence-corrected chi connectivity index (χ1v) is 6.41. The zero-order valence-corrected chi connectivity index (χ0v) is 8.86. The van der Waals surface area contributed by atoms with Gasteiger partial charge < -0.3 is 9.79 Å². The van der Waals surface area contributed by atoms with Crippen molar-refractivity contribution in [2.75, 3.05) is 13.1 Å². The van der Waals surface area contributed by atoms with Crippen molar-refractivity contribution in [2.45, 2.75) is 13.8 Å². The van der Waals surface area contributed by atoms with Crippen molar-refractivity contribution in [3.8, 4) is 0 Å². The maximum absolute atomic E-state index is 11.2. The van der Waals surface area contributed by atoms with Gasteiger partial charge in [-0.25, -0.2) is 4.79 Å². The molecule has 1 atom stereocenters. The summed E-state index contributed by atoms with van der Waals surface area (Å²) in [5, 5.41) is 2.17. The molecule has 0 radical (unpaired) electrons. The van der Waals surface area contributed by atoms with Crippen LogP contribution in [0.4, 0.5) is 4.79 Å². The summed E-state index contributed by atoms with van der Waals surface area (Å²) in [7, 11) is 0. The van der Waals surface area contributed by atoms with Gasteiger partial charge in [0.1, 0.15) is 0 Å². The molecule has 2 amide bonds. The molecule has 1 unspecified atom stereocenters. The number of nitrogens with one attached hydrogen (secondary N) is 1. The highest BCUT2D eigenvalue weighted by molar-refractivity contribution is 8.09. The smallest absolute Gasteiger partial charge is 0.323 e. The summed E-state index contributed by atoms with van der Waals surface area (Å²) in [4.78, 5) is 21.6. The third-order valence-corrected chi connectivity index (χ3v) is 2.09. The molecule has 0 aliphatic rings. The van der Waals surface area contributed by atoms with Gasteiger partial charge in [-0.3, -0.25) is 10.6 Å². The maximum Gasteiger partial charge on any atom is 0.323 e. The molecule has 0 rings (SSSR count). The predicted molar refractivity (Wildman–Crippen MR) is 52.1 cm³/mol. The molecule has 12 heavy (non-hydrogen) atoms. The van der Waals surface area contributed by atoms with E-state index in [1.54, 1.807) is 0 Å². The molecule has 0 aliphatic heterocycles. The highest BCUT2D eigenvalue weighted by Crippen LogP contribution is 2.23. The lowest BCUT2D eigenvalue weighted by Crippen LogP contribution is -2.39. The van der Waals surface area contributed by atoms with Crippen LogP contribution in [0.25, 0.3) is 0 Å². The number of carbonyl (C=O) groups is 1. The van der Waals surface area contributed by atoms with Crippen molar-refractivity contribution in [3.05, 3.63) is 0 Å². The van der Waals surface area contributed by atoms with Crippen molar-refractivity contribution >= 4 is 24.4 Å². The zero-order chi connectivity index (χ0) is 9.78. The van der Waals surface area contributed by atoms with Gasteiger partial charge in [0.25, 0.3) is 0 Å². The molecular formula is C5H14N3O2PS. The lowest BCUT2D eigenvalue weighted by Gasteiger charge is -2.21. The van der Waals surface area contributed by atoms with Gasteiger partial charge in [-0.15, -0.1) is 0 Å². The number of rotatable bonds is 3. The molecule has 0 aliphatic carbocycles. The number of nitrogens with zero attached hydrogens (tertiary/aromatic N) is 1. The second-order valence-electron chi connectivity index (χ2n) is 2.21. The van der Waals surface area contributed by atoms with Crippen LogP contribution in [0.2, 0.25) is 0 Å². The van der Waals surface area contributed by atoms with Crippen LogP contribution in [0, 0.1) is 0 Å². The molecule has 0 aromatic heterocycles. The van der Waals surface area contributed by atoms with E-state index in [0.717, 1.165) is 0 Å². The molecule has 0 saturated carbocycles. The second-order valence-corrected chi connectivity index (χ2v) is 5.35. The summed E-state index contributed by atoms with van der Waals surface area (Å²) in [6.07, 6.45) is 0. The summed E-state index contributed by atoms with van der Waals surface area (Å²) >= 11 is 4.46. The standard InChI is InChI=1S/C5H14N3O2PS/c1-3-8(4-2)5(9)7-11(6,10)12/h3-4H2,1-2H3,(H4,6,7,9,10,12). The Balaban J connectivity index is 4.11.